The molecule has 5 heteroatoms. The summed E-state index contributed by atoms with van der Waals surface area (Å²) in [5.41, 5.74) is 6.12. The fourth-order valence-electron chi connectivity index (χ4n) is 0.973. The van der Waals surface area contributed by atoms with Gasteiger partial charge in [-0.15, -0.1) is 0 Å². The maximum Gasteiger partial charge on any atom is 0.320 e. The standard InChI is InChI=1S/C9H11NO3.Mg.2H/c10-8(9(12)13)5-6-1-3-7(11)4-2-6;;;/h1-4,8,11H,5,10H2,(H,12,13);;;. The average Bonchev–Trinajstić information content (AvgIpc) is 2.08. The van der Waals surface area contributed by atoms with Crippen molar-refractivity contribution in [2.75, 3.05) is 0 Å². The average molecular weight is 208 g/mol. The second-order valence-corrected chi connectivity index (χ2v) is 2.82. The molecular formula is C9H13MgNO3. The number of hydrogen-bond acceptors (Lipinski definition) is 3. The molecule has 1 aromatic carbocycles. The molecule has 4 nitrogen and oxygen atoms in total. The zero-order valence-electron chi connectivity index (χ0n) is 6.97. The van der Waals surface area contributed by atoms with Crippen molar-refractivity contribution in [2.24, 2.45) is 5.73 Å². The Morgan fingerprint density at radius 3 is 2.29 bits per heavy atom. The van der Waals surface area contributed by atoms with Crippen LogP contribution in [-0.2, 0) is 11.2 Å². The molecule has 1 rings (SSSR count). The summed E-state index contributed by atoms with van der Waals surface area (Å²) in [4.78, 5) is 10.4. The van der Waals surface area contributed by atoms with Gasteiger partial charge in [0.1, 0.15) is 11.8 Å². The molecule has 1 aromatic rings. The number of carboxylic acid groups (broad SMARTS) is 1. The van der Waals surface area contributed by atoms with E-state index in [0.29, 0.717) is 0 Å². The van der Waals surface area contributed by atoms with Crippen molar-refractivity contribution in [3.8, 4) is 5.75 Å². The lowest BCUT2D eigenvalue weighted by atomic mass is 10.1. The summed E-state index contributed by atoms with van der Waals surface area (Å²) in [6.07, 6.45) is 0.273. The minimum Gasteiger partial charge on any atom is -0.508 e. The van der Waals surface area contributed by atoms with Crippen molar-refractivity contribution < 1.29 is 15.0 Å². The third-order valence-electron chi connectivity index (χ3n) is 1.71. The van der Waals surface area contributed by atoms with Crippen LogP contribution in [0.4, 0.5) is 0 Å². The molecule has 0 amide bonds. The molecule has 0 aromatic heterocycles. The highest BCUT2D eigenvalue weighted by Gasteiger charge is 2.11. The van der Waals surface area contributed by atoms with Gasteiger partial charge in [-0.1, -0.05) is 12.1 Å². The number of carboxylic acids is 1. The fraction of sp³-hybridized carbons (Fsp3) is 0.222. The molecule has 0 fully saturated rings. The molecule has 74 valence electrons. The van der Waals surface area contributed by atoms with Crippen LogP contribution in [0.3, 0.4) is 0 Å². The van der Waals surface area contributed by atoms with Crippen LogP contribution in [0, 0.1) is 0 Å². The van der Waals surface area contributed by atoms with Gasteiger partial charge >= 0.3 is 29.0 Å². The lowest BCUT2D eigenvalue weighted by Crippen LogP contribution is -2.32. The van der Waals surface area contributed by atoms with Gasteiger partial charge in [-0.25, -0.2) is 0 Å². The normalized spacial score (nSPS) is 11.5. The van der Waals surface area contributed by atoms with Gasteiger partial charge in [0, 0.05) is 0 Å². The number of nitrogens with two attached hydrogens (primary N) is 1. The second-order valence-electron chi connectivity index (χ2n) is 2.82. The minimum absolute atomic E-state index is 0. The van der Waals surface area contributed by atoms with Gasteiger partial charge in [0.25, 0.3) is 0 Å². The van der Waals surface area contributed by atoms with Crippen LogP contribution < -0.4 is 5.73 Å². The van der Waals surface area contributed by atoms with Crippen LogP contribution in [0.2, 0.25) is 0 Å². The summed E-state index contributed by atoms with van der Waals surface area (Å²) in [5.74, 6) is -0.860. The van der Waals surface area contributed by atoms with E-state index in [1.54, 1.807) is 12.1 Å². The molecule has 0 aliphatic carbocycles. The fourth-order valence-corrected chi connectivity index (χ4v) is 0.973. The zero-order valence-corrected chi connectivity index (χ0v) is 6.97. The lowest BCUT2D eigenvalue weighted by Gasteiger charge is -2.05. The first-order valence-electron chi connectivity index (χ1n) is 3.86. The molecule has 0 saturated carbocycles. The van der Waals surface area contributed by atoms with Gasteiger partial charge in [-0.2, -0.15) is 0 Å². The molecule has 1 unspecified atom stereocenters. The molecule has 0 aliphatic rings. The summed E-state index contributed by atoms with van der Waals surface area (Å²) < 4.78 is 0. The number of aromatic hydroxyl groups is 1. The van der Waals surface area contributed by atoms with Crippen LogP contribution in [0.25, 0.3) is 0 Å². The SMILES string of the molecule is NC(Cc1ccc(O)cc1)C(=O)O.[MgH2]. The number of rotatable bonds is 3. The van der Waals surface area contributed by atoms with E-state index in [0.717, 1.165) is 5.56 Å². The molecule has 0 bridgehead atoms. The molecule has 0 saturated heterocycles. The third-order valence-corrected chi connectivity index (χ3v) is 1.71. The Labute approximate surface area is 97.9 Å². The Morgan fingerprint density at radius 2 is 1.86 bits per heavy atom. The summed E-state index contributed by atoms with van der Waals surface area (Å²) in [6, 6.07) is 5.42. The molecule has 0 radical (unpaired) electrons. The Balaban J connectivity index is 0.00000169. The van der Waals surface area contributed by atoms with Crippen molar-refractivity contribution in [3.63, 3.8) is 0 Å². The van der Waals surface area contributed by atoms with E-state index in [1.807, 2.05) is 0 Å². The highest BCUT2D eigenvalue weighted by Crippen LogP contribution is 2.10. The number of phenols is 1. The second kappa shape index (κ2) is 5.84. The topological polar surface area (TPSA) is 83.5 Å². The zero-order chi connectivity index (χ0) is 9.84. The van der Waals surface area contributed by atoms with E-state index in [2.05, 4.69) is 0 Å². The van der Waals surface area contributed by atoms with Gasteiger partial charge in [0.2, 0.25) is 0 Å². The van der Waals surface area contributed by atoms with Gasteiger partial charge in [0.05, 0.1) is 0 Å². The van der Waals surface area contributed by atoms with Crippen molar-refractivity contribution in [2.45, 2.75) is 12.5 Å². The summed E-state index contributed by atoms with van der Waals surface area (Å²) >= 11 is 0. The first-order valence-corrected chi connectivity index (χ1v) is 3.86. The Bertz CT molecular complexity index is 299. The number of carbonyl (C=O) groups is 1. The first-order chi connectivity index (χ1) is 6.09. The number of phenolic OH excluding ortho intramolecular Hbond substituents is 1. The predicted octanol–water partition coefficient (Wildman–Crippen LogP) is -0.570. The molecule has 14 heavy (non-hydrogen) atoms. The Hall–Kier alpha value is -0.784. The van der Waals surface area contributed by atoms with Crippen molar-refractivity contribution in [1.82, 2.24) is 0 Å². The molecule has 0 spiro atoms. The number of aliphatic carboxylic acids is 1. The molecule has 0 aliphatic heterocycles. The van der Waals surface area contributed by atoms with Crippen molar-refractivity contribution in [1.29, 1.82) is 0 Å². The van der Waals surface area contributed by atoms with Crippen molar-refractivity contribution >= 4 is 29.0 Å². The summed E-state index contributed by atoms with van der Waals surface area (Å²) in [7, 11) is 0. The molecular weight excluding hydrogens is 194 g/mol. The van der Waals surface area contributed by atoms with Crippen LogP contribution in [0.1, 0.15) is 5.56 Å². The van der Waals surface area contributed by atoms with E-state index >= 15 is 0 Å². The van der Waals surface area contributed by atoms with Crippen LogP contribution >= 0.6 is 0 Å². The van der Waals surface area contributed by atoms with E-state index in [1.165, 1.54) is 12.1 Å². The highest BCUT2D eigenvalue weighted by molar-refractivity contribution is 5.75. The molecule has 0 heterocycles. The summed E-state index contributed by atoms with van der Waals surface area (Å²) in [5, 5.41) is 17.5. The molecule has 1 atom stereocenters. The monoisotopic (exact) mass is 207 g/mol. The van der Waals surface area contributed by atoms with Crippen LogP contribution in [0.5, 0.6) is 5.75 Å². The number of benzene rings is 1. The first kappa shape index (κ1) is 13.2. The highest BCUT2D eigenvalue weighted by atomic mass is 24.3. The van der Waals surface area contributed by atoms with Crippen LogP contribution in [-0.4, -0.2) is 45.3 Å². The van der Waals surface area contributed by atoms with E-state index in [4.69, 9.17) is 15.9 Å². The molecule has 4 N–H and O–H groups in total. The van der Waals surface area contributed by atoms with Gasteiger partial charge in [-0.05, 0) is 24.1 Å². The Morgan fingerprint density at radius 1 is 1.36 bits per heavy atom. The summed E-state index contributed by atoms with van der Waals surface area (Å²) in [6.45, 7) is 0. The minimum atomic E-state index is -1.02. The lowest BCUT2D eigenvalue weighted by molar-refractivity contribution is -0.138. The predicted molar refractivity (Wildman–Crippen MR) is 56.0 cm³/mol. The maximum atomic E-state index is 10.4. The number of hydrogen-bond donors (Lipinski definition) is 3. The van der Waals surface area contributed by atoms with Gasteiger partial charge in [-0.3, -0.25) is 4.79 Å². The third kappa shape index (κ3) is 3.95. The van der Waals surface area contributed by atoms with Gasteiger partial charge < -0.3 is 15.9 Å². The quantitative estimate of drug-likeness (QED) is 0.580. The Kier molecular flexibility index (Phi) is 5.52. The van der Waals surface area contributed by atoms with Gasteiger partial charge in [0.15, 0.2) is 0 Å². The van der Waals surface area contributed by atoms with Crippen LogP contribution in [0.15, 0.2) is 24.3 Å². The van der Waals surface area contributed by atoms with E-state index in [9.17, 15) is 4.79 Å². The van der Waals surface area contributed by atoms with Crippen molar-refractivity contribution in [3.05, 3.63) is 29.8 Å². The smallest absolute Gasteiger partial charge is 0.320 e. The maximum absolute atomic E-state index is 10.4. The van der Waals surface area contributed by atoms with E-state index in [-0.39, 0.29) is 35.2 Å². The largest absolute Gasteiger partial charge is 0.508 e. The van der Waals surface area contributed by atoms with E-state index < -0.39 is 12.0 Å².